The average Bonchev–Trinajstić information content (AvgIpc) is 2.76. The van der Waals surface area contributed by atoms with Crippen molar-refractivity contribution in [2.75, 3.05) is 19.6 Å². The van der Waals surface area contributed by atoms with E-state index in [-0.39, 0.29) is 11.8 Å². The maximum absolute atomic E-state index is 11.1. The summed E-state index contributed by atoms with van der Waals surface area (Å²) in [5.74, 6) is -0.000166. The van der Waals surface area contributed by atoms with Crippen LogP contribution in [-0.4, -0.2) is 50.2 Å². The van der Waals surface area contributed by atoms with Crippen molar-refractivity contribution in [1.29, 1.82) is 0 Å². The second-order valence-electron chi connectivity index (χ2n) is 5.28. The Balaban J connectivity index is 1.89. The molecule has 0 bridgehead atoms. The van der Waals surface area contributed by atoms with Gasteiger partial charge in [-0.3, -0.25) is 9.69 Å². The molecule has 3 heterocycles. The predicted octanol–water partition coefficient (Wildman–Crippen LogP) is 0.0280. The van der Waals surface area contributed by atoms with E-state index in [1.807, 2.05) is 7.05 Å². The van der Waals surface area contributed by atoms with Crippen molar-refractivity contribution in [3.63, 3.8) is 0 Å². The van der Waals surface area contributed by atoms with Crippen molar-refractivity contribution >= 4 is 17.1 Å². The maximum atomic E-state index is 11.1. The van der Waals surface area contributed by atoms with E-state index in [1.165, 1.54) is 0 Å². The second-order valence-corrected chi connectivity index (χ2v) is 5.28. The SMILES string of the molecule is Cn1nc([C@@H]2CCCN(CC(N)=O)C2)c2nccnc21. The molecule has 2 aromatic rings. The van der Waals surface area contributed by atoms with Gasteiger partial charge in [0.25, 0.3) is 0 Å². The monoisotopic (exact) mass is 274 g/mol. The van der Waals surface area contributed by atoms with Crippen LogP contribution in [0.1, 0.15) is 24.5 Å². The summed E-state index contributed by atoms with van der Waals surface area (Å²) < 4.78 is 1.77. The summed E-state index contributed by atoms with van der Waals surface area (Å²) in [6, 6.07) is 0. The van der Waals surface area contributed by atoms with Crippen LogP contribution in [-0.2, 0) is 11.8 Å². The van der Waals surface area contributed by atoms with Crippen LogP contribution < -0.4 is 5.73 Å². The van der Waals surface area contributed by atoms with Gasteiger partial charge in [-0.25, -0.2) is 14.6 Å². The molecule has 1 fully saturated rings. The van der Waals surface area contributed by atoms with Crippen LogP contribution in [0.15, 0.2) is 12.4 Å². The average molecular weight is 274 g/mol. The smallest absolute Gasteiger partial charge is 0.231 e. The number of hydrogen-bond acceptors (Lipinski definition) is 5. The number of nitrogens with two attached hydrogens (primary N) is 1. The van der Waals surface area contributed by atoms with Crippen molar-refractivity contribution in [2.45, 2.75) is 18.8 Å². The van der Waals surface area contributed by atoms with Crippen molar-refractivity contribution < 1.29 is 4.79 Å². The molecular weight excluding hydrogens is 256 g/mol. The lowest BCUT2D eigenvalue weighted by molar-refractivity contribution is -0.119. The Morgan fingerprint density at radius 1 is 1.45 bits per heavy atom. The number of carbonyl (C=O) groups is 1. The molecule has 1 amide bonds. The van der Waals surface area contributed by atoms with E-state index in [0.717, 1.165) is 42.8 Å². The molecule has 1 aliphatic rings. The third kappa shape index (κ3) is 2.36. The number of amides is 1. The van der Waals surface area contributed by atoms with Gasteiger partial charge in [0.2, 0.25) is 5.91 Å². The molecule has 106 valence electrons. The first kappa shape index (κ1) is 13.0. The van der Waals surface area contributed by atoms with Crippen LogP contribution in [0.2, 0.25) is 0 Å². The molecule has 3 rings (SSSR count). The van der Waals surface area contributed by atoms with Gasteiger partial charge in [0.15, 0.2) is 5.65 Å². The molecular formula is C13H18N6O. The van der Waals surface area contributed by atoms with Gasteiger partial charge in [-0.1, -0.05) is 0 Å². The molecule has 0 spiro atoms. The molecule has 2 N–H and O–H groups in total. The molecule has 1 saturated heterocycles. The lowest BCUT2D eigenvalue weighted by Gasteiger charge is -2.30. The van der Waals surface area contributed by atoms with Gasteiger partial charge in [0.05, 0.1) is 12.2 Å². The zero-order valence-corrected chi connectivity index (χ0v) is 11.5. The summed E-state index contributed by atoms with van der Waals surface area (Å²) in [7, 11) is 1.88. The number of carbonyl (C=O) groups excluding carboxylic acids is 1. The number of aryl methyl sites for hydroxylation is 1. The quantitative estimate of drug-likeness (QED) is 0.852. The summed E-state index contributed by atoms with van der Waals surface area (Å²) >= 11 is 0. The Labute approximate surface area is 116 Å². The van der Waals surface area contributed by atoms with Gasteiger partial charge in [-0.15, -0.1) is 0 Å². The van der Waals surface area contributed by atoms with E-state index in [2.05, 4.69) is 20.0 Å². The number of aromatic nitrogens is 4. The molecule has 1 aliphatic heterocycles. The van der Waals surface area contributed by atoms with Crippen molar-refractivity contribution in [2.24, 2.45) is 12.8 Å². The Hall–Kier alpha value is -2.02. The minimum absolute atomic E-state index is 0.281. The largest absolute Gasteiger partial charge is 0.369 e. The van der Waals surface area contributed by atoms with Crippen LogP contribution in [0.3, 0.4) is 0 Å². The Morgan fingerprint density at radius 3 is 3.05 bits per heavy atom. The van der Waals surface area contributed by atoms with Crippen molar-refractivity contribution in [3.05, 3.63) is 18.1 Å². The number of nitrogens with zero attached hydrogens (tertiary/aromatic N) is 5. The standard InChI is InChI=1S/C13H18N6O/c1-18-13-12(15-4-5-16-13)11(17-18)9-3-2-6-19(7-9)8-10(14)20/h4-5,9H,2-3,6-8H2,1H3,(H2,14,20)/t9-/m1/s1. The van der Waals surface area contributed by atoms with Crippen LogP contribution in [0.4, 0.5) is 0 Å². The van der Waals surface area contributed by atoms with Crippen LogP contribution in [0, 0.1) is 0 Å². The highest BCUT2D eigenvalue weighted by Gasteiger charge is 2.26. The molecule has 0 aliphatic carbocycles. The van der Waals surface area contributed by atoms with E-state index >= 15 is 0 Å². The number of primary amides is 1. The number of piperidine rings is 1. The van der Waals surface area contributed by atoms with Gasteiger partial charge in [0.1, 0.15) is 5.52 Å². The highest BCUT2D eigenvalue weighted by molar-refractivity contribution is 5.76. The third-order valence-electron chi connectivity index (χ3n) is 3.76. The lowest BCUT2D eigenvalue weighted by atomic mass is 9.94. The van der Waals surface area contributed by atoms with Gasteiger partial charge < -0.3 is 5.73 Å². The first-order valence-corrected chi connectivity index (χ1v) is 6.79. The second kappa shape index (κ2) is 5.16. The fourth-order valence-electron chi connectivity index (χ4n) is 2.92. The van der Waals surface area contributed by atoms with Crippen molar-refractivity contribution in [3.8, 4) is 0 Å². The highest BCUT2D eigenvalue weighted by atomic mass is 16.1. The summed E-state index contributed by atoms with van der Waals surface area (Å²) in [4.78, 5) is 21.9. The molecule has 2 aromatic heterocycles. The fourth-order valence-corrected chi connectivity index (χ4v) is 2.92. The minimum Gasteiger partial charge on any atom is -0.369 e. The van der Waals surface area contributed by atoms with E-state index in [9.17, 15) is 4.79 Å². The molecule has 0 unspecified atom stereocenters. The van der Waals surface area contributed by atoms with E-state index < -0.39 is 0 Å². The van der Waals surface area contributed by atoms with Gasteiger partial charge in [-0.2, -0.15) is 5.10 Å². The maximum Gasteiger partial charge on any atom is 0.231 e. The molecule has 0 saturated carbocycles. The third-order valence-corrected chi connectivity index (χ3v) is 3.76. The lowest BCUT2D eigenvalue weighted by Crippen LogP contribution is -2.40. The van der Waals surface area contributed by atoms with Crippen LogP contribution >= 0.6 is 0 Å². The number of rotatable bonds is 3. The van der Waals surface area contributed by atoms with Crippen molar-refractivity contribution in [1.82, 2.24) is 24.6 Å². The van der Waals surface area contributed by atoms with Gasteiger partial charge in [-0.05, 0) is 19.4 Å². The Morgan fingerprint density at radius 2 is 2.25 bits per heavy atom. The minimum atomic E-state index is -0.281. The highest BCUT2D eigenvalue weighted by Crippen LogP contribution is 2.29. The number of fused-ring (bicyclic) bond motifs is 1. The molecule has 0 radical (unpaired) electrons. The number of hydrogen-bond donors (Lipinski definition) is 1. The molecule has 7 nitrogen and oxygen atoms in total. The summed E-state index contributed by atoms with van der Waals surface area (Å²) in [5.41, 5.74) is 7.92. The topological polar surface area (TPSA) is 89.9 Å². The zero-order chi connectivity index (χ0) is 14.1. The Bertz CT molecular complexity index is 637. The van der Waals surface area contributed by atoms with E-state index in [4.69, 9.17) is 5.73 Å². The summed E-state index contributed by atoms with van der Waals surface area (Å²) in [6.07, 6.45) is 5.46. The normalized spacial score (nSPS) is 20.4. The summed E-state index contributed by atoms with van der Waals surface area (Å²) in [6.45, 7) is 2.02. The molecule has 20 heavy (non-hydrogen) atoms. The molecule has 1 atom stereocenters. The first-order chi connectivity index (χ1) is 9.65. The van der Waals surface area contributed by atoms with Crippen LogP contribution in [0.25, 0.3) is 11.2 Å². The number of likely N-dealkylation sites (tertiary alicyclic amines) is 1. The van der Waals surface area contributed by atoms with Crippen LogP contribution in [0.5, 0.6) is 0 Å². The summed E-state index contributed by atoms with van der Waals surface area (Å²) in [5, 5.41) is 4.58. The van der Waals surface area contributed by atoms with Gasteiger partial charge in [0, 0.05) is 31.9 Å². The van der Waals surface area contributed by atoms with E-state index in [0.29, 0.717) is 6.54 Å². The van der Waals surface area contributed by atoms with Gasteiger partial charge >= 0.3 is 0 Å². The molecule has 0 aromatic carbocycles. The fraction of sp³-hybridized carbons (Fsp3) is 0.538. The van der Waals surface area contributed by atoms with E-state index in [1.54, 1.807) is 17.1 Å². The molecule has 7 heteroatoms. The Kier molecular flexibility index (Phi) is 3.35. The zero-order valence-electron chi connectivity index (χ0n) is 11.5. The predicted molar refractivity (Wildman–Crippen MR) is 73.9 cm³/mol. The first-order valence-electron chi connectivity index (χ1n) is 6.79.